The maximum Gasteiger partial charge on any atom is 0.433 e. The second-order valence-corrected chi connectivity index (χ2v) is 6.71. The molecule has 0 unspecified atom stereocenters. The molecule has 7 nitrogen and oxygen atoms in total. The molecule has 0 aromatic carbocycles. The quantitative estimate of drug-likeness (QED) is 0.610. The fourth-order valence-corrected chi connectivity index (χ4v) is 2.47. The Morgan fingerprint density at radius 3 is 2.72 bits per heavy atom. The maximum atomic E-state index is 13.3. The number of rotatable bonds is 6. The summed E-state index contributed by atoms with van der Waals surface area (Å²) in [6.07, 6.45) is 0.876. The first kappa shape index (κ1) is 20.3. The van der Waals surface area contributed by atoms with Crippen LogP contribution < -0.4 is 10.5 Å². The van der Waals surface area contributed by atoms with E-state index in [1.165, 1.54) is 18.3 Å². The summed E-state index contributed by atoms with van der Waals surface area (Å²) >= 11 is 0. The van der Waals surface area contributed by atoms with Crippen molar-refractivity contribution in [3.8, 4) is 17.1 Å². The lowest BCUT2D eigenvalue weighted by Crippen LogP contribution is -2.11. The number of aromatic nitrogens is 4. The van der Waals surface area contributed by atoms with Crippen LogP contribution in [-0.2, 0) is 11.0 Å². The zero-order chi connectivity index (χ0) is 21.2. The van der Waals surface area contributed by atoms with Crippen LogP contribution in [0, 0.1) is 5.92 Å². The highest BCUT2D eigenvalue weighted by Crippen LogP contribution is 2.33. The third-order valence-corrected chi connectivity index (χ3v) is 3.79. The highest BCUT2D eigenvalue weighted by Gasteiger charge is 2.33. The SMILES string of the molecule is CC(C)COc1cc(-c2cnc3[nH]cc(C=CC(N)=O)c3n2)cc(C(F)(F)F)n1. The molecule has 0 bridgehead atoms. The van der Waals surface area contributed by atoms with Crippen LogP contribution in [0.15, 0.2) is 30.6 Å². The Morgan fingerprint density at radius 1 is 1.31 bits per heavy atom. The summed E-state index contributed by atoms with van der Waals surface area (Å²) in [7, 11) is 0. The minimum atomic E-state index is -4.65. The molecule has 3 aromatic heterocycles. The number of ether oxygens (including phenoxy) is 1. The first-order chi connectivity index (χ1) is 13.6. The van der Waals surface area contributed by atoms with Gasteiger partial charge in [0.05, 0.1) is 18.5 Å². The van der Waals surface area contributed by atoms with Crippen LogP contribution in [0.4, 0.5) is 13.2 Å². The molecule has 0 aliphatic heterocycles. The van der Waals surface area contributed by atoms with E-state index in [9.17, 15) is 18.0 Å². The number of nitrogens with two attached hydrogens (primary N) is 1. The number of hydrogen-bond acceptors (Lipinski definition) is 5. The molecule has 29 heavy (non-hydrogen) atoms. The van der Waals surface area contributed by atoms with Gasteiger partial charge in [-0.3, -0.25) is 4.79 Å². The molecule has 3 aromatic rings. The van der Waals surface area contributed by atoms with Gasteiger partial charge in [0.2, 0.25) is 11.8 Å². The average Bonchev–Trinajstić information content (AvgIpc) is 3.06. The third-order valence-electron chi connectivity index (χ3n) is 3.79. The van der Waals surface area contributed by atoms with Gasteiger partial charge in [-0.2, -0.15) is 13.2 Å². The molecule has 0 saturated heterocycles. The van der Waals surface area contributed by atoms with Gasteiger partial charge in [0.1, 0.15) is 11.2 Å². The number of fused-ring (bicyclic) bond motifs is 1. The Bertz CT molecular complexity index is 1070. The minimum Gasteiger partial charge on any atom is -0.477 e. The number of nitrogens with zero attached hydrogens (tertiary/aromatic N) is 3. The second kappa shape index (κ2) is 7.90. The Hall–Kier alpha value is -3.43. The van der Waals surface area contributed by atoms with Crippen molar-refractivity contribution in [3.05, 3.63) is 41.9 Å². The number of nitrogens with one attached hydrogen (secondary N) is 1. The molecular weight excluding hydrogens is 387 g/mol. The van der Waals surface area contributed by atoms with Gasteiger partial charge in [-0.25, -0.2) is 15.0 Å². The summed E-state index contributed by atoms with van der Waals surface area (Å²) < 4.78 is 45.3. The lowest BCUT2D eigenvalue weighted by Gasteiger charge is -2.13. The van der Waals surface area contributed by atoms with Crippen molar-refractivity contribution in [2.75, 3.05) is 6.61 Å². The van der Waals surface area contributed by atoms with E-state index in [1.807, 2.05) is 13.8 Å². The molecule has 1 amide bonds. The van der Waals surface area contributed by atoms with Crippen LogP contribution in [0.5, 0.6) is 5.88 Å². The van der Waals surface area contributed by atoms with Crippen LogP contribution in [0.3, 0.4) is 0 Å². The van der Waals surface area contributed by atoms with Gasteiger partial charge in [0.15, 0.2) is 5.65 Å². The molecule has 0 aliphatic carbocycles. The third kappa shape index (κ3) is 4.89. The first-order valence-electron chi connectivity index (χ1n) is 8.67. The number of pyridine rings is 1. The summed E-state index contributed by atoms with van der Waals surface area (Å²) in [6.45, 7) is 3.97. The van der Waals surface area contributed by atoms with Crippen molar-refractivity contribution >= 4 is 23.1 Å². The number of primary amides is 1. The summed E-state index contributed by atoms with van der Waals surface area (Å²) in [5, 5.41) is 0. The molecule has 3 heterocycles. The Balaban J connectivity index is 2.08. The topological polar surface area (TPSA) is 107 Å². The molecule has 3 rings (SSSR count). The predicted octanol–water partition coefficient (Wildman–Crippen LogP) is 3.57. The van der Waals surface area contributed by atoms with Gasteiger partial charge >= 0.3 is 6.18 Å². The lowest BCUT2D eigenvalue weighted by molar-refractivity contribution is -0.141. The summed E-state index contributed by atoms with van der Waals surface area (Å²) in [5.74, 6) is -0.668. The summed E-state index contributed by atoms with van der Waals surface area (Å²) in [5.41, 5.74) is 5.70. The summed E-state index contributed by atoms with van der Waals surface area (Å²) in [6, 6.07) is 2.28. The predicted molar refractivity (Wildman–Crippen MR) is 101 cm³/mol. The fraction of sp³-hybridized carbons (Fsp3) is 0.263. The van der Waals surface area contributed by atoms with E-state index in [0.29, 0.717) is 16.7 Å². The van der Waals surface area contributed by atoms with E-state index >= 15 is 0 Å². The van der Waals surface area contributed by atoms with E-state index < -0.39 is 17.8 Å². The van der Waals surface area contributed by atoms with Gasteiger partial charge < -0.3 is 15.5 Å². The molecule has 0 radical (unpaired) electrons. The lowest BCUT2D eigenvalue weighted by atomic mass is 10.1. The molecule has 152 valence electrons. The van der Waals surface area contributed by atoms with Crippen molar-refractivity contribution < 1.29 is 22.7 Å². The number of H-pyrrole nitrogens is 1. The molecule has 0 aliphatic rings. The van der Waals surface area contributed by atoms with Crippen molar-refractivity contribution in [2.24, 2.45) is 11.7 Å². The molecule has 0 fully saturated rings. The average molecular weight is 405 g/mol. The second-order valence-electron chi connectivity index (χ2n) is 6.71. The Kier molecular flexibility index (Phi) is 5.53. The molecule has 0 atom stereocenters. The van der Waals surface area contributed by atoms with Gasteiger partial charge in [-0.05, 0) is 18.1 Å². The van der Waals surface area contributed by atoms with Crippen LogP contribution in [-0.4, -0.2) is 32.4 Å². The minimum absolute atomic E-state index is 0.116. The number of hydrogen-bond donors (Lipinski definition) is 2. The van der Waals surface area contributed by atoms with Crippen LogP contribution in [0.25, 0.3) is 28.5 Å². The van der Waals surface area contributed by atoms with E-state index in [2.05, 4.69) is 19.9 Å². The first-order valence-corrected chi connectivity index (χ1v) is 8.67. The largest absolute Gasteiger partial charge is 0.477 e. The van der Waals surface area contributed by atoms with E-state index in [1.54, 1.807) is 6.20 Å². The van der Waals surface area contributed by atoms with Crippen molar-refractivity contribution in [2.45, 2.75) is 20.0 Å². The molecule has 0 spiro atoms. The van der Waals surface area contributed by atoms with Crippen LogP contribution >= 0.6 is 0 Å². The number of carbonyl (C=O) groups is 1. The standard InChI is InChI=1S/C19H18F3N5O2/c1-10(2)9-29-16-6-12(5-14(27-16)19(20,21)22)13-8-25-18-17(26-13)11(7-24-18)3-4-15(23)28/h3-8,10H,9H2,1-2H3,(H2,23,28)(H,24,25). The van der Waals surface area contributed by atoms with Gasteiger partial charge in [-0.15, -0.1) is 0 Å². The Labute approximate surface area is 163 Å². The van der Waals surface area contributed by atoms with E-state index in [4.69, 9.17) is 10.5 Å². The van der Waals surface area contributed by atoms with Gasteiger partial charge in [0, 0.05) is 29.5 Å². The normalized spacial score (nSPS) is 12.2. The van der Waals surface area contributed by atoms with Gasteiger partial charge in [0.25, 0.3) is 0 Å². The molecule has 10 heteroatoms. The maximum absolute atomic E-state index is 13.3. The molecule has 0 saturated carbocycles. The number of halogens is 3. The molecule has 3 N–H and O–H groups in total. The highest BCUT2D eigenvalue weighted by atomic mass is 19.4. The highest BCUT2D eigenvalue weighted by molar-refractivity contribution is 5.93. The zero-order valence-corrected chi connectivity index (χ0v) is 15.6. The smallest absolute Gasteiger partial charge is 0.433 e. The zero-order valence-electron chi connectivity index (χ0n) is 15.6. The monoisotopic (exact) mass is 405 g/mol. The Morgan fingerprint density at radius 2 is 2.07 bits per heavy atom. The number of carbonyl (C=O) groups excluding carboxylic acids is 1. The van der Waals surface area contributed by atoms with Crippen molar-refractivity contribution in [1.29, 1.82) is 0 Å². The van der Waals surface area contributed by atoms with Crippen LogP contribution in [0.2, 0.25) is 0 Å². The van der Waals surface area contributed by atoms with E-state index in [-0.39, 0.29) is 29.7 Å². The van der Waals surface area contributed by atoms with Crippen molar-refractivity contribution in [3.63, 3.8) is 0 Å². The molecular formula is C19H18F3N5O2. The number of amides is 1. The number of alkyl halides is 3. The van der Waals surface area contributed by atoms with Crippen LogP contribution in [0.1, 0.15) is 25.1 Å². The van der Waals surface area contributed by atoms with Crippen molar-refractivity contribution in [1.82, 2.24) is 19.9 Å². The van der Waals surface area contributed by atoms with E-state index in [0.717, 1.165) is 12.1 Å². The number of aromatic amines is 1. The van der Waals surface area contributed by atoms with Gasteiger partial charge in [-0.1, -0.05) is 13.8 Å². The summed E-state index contributed by atoms with van der Waals surface area (Å²) in [4.78, 5) is 26.0. The fourth-order valence-electron chi connectivity index (χ4n) is 2.47.